The van der Waals surface area contributed by atoms with E-state index in [1.54, 1.807) is 0 Å². The lowest BCUT2D eigenvalue weighted by Gasteiger charge is -2.12. The highest BCUT2D eigenvalue weighted by molar-refractivity contribution is 9.10. The minimum Gasteiger partial charge on any atom is -0.382 e. The van der Waals surface area contributed by atoms with E-state index in [1.807, 2.05) is 0 Å². The van der Waals surface area contributed by atoms with Crippen molar-refractivity contribution in [2.45, 2.75) is 6.10 Å². The minimum atomic E-state index is -1.16. The average Bonchev–Trinajstić information content (AvgIpc) is 2.36. The number of benzene rings is 1. The molecule has 1 aromatic carbocycles. The molecule has 1 unspecified atom stereocenters. The summed E-state index contributed by atoms with van der Waals surface area (Å²) in [6.07, 6.45) is 3.06. The molecule has 1 N–H and O–H groups in total. The van der Waals surface area contributed by atoms with Crippen molar-refractivity contribution in [3.05, 3.63) is 58.1 Å². The van der Waals surface area contributed by atoms with Gasteiger partial charge in [0.1, 0.15) is 6.10 Å². The summed E-state index contributed by atoms with van der Waals surface area (Å²) in [7, 11) is 0. The maximum Gasteiger partial charge on any atom is 0.173 e. The number of hydrogen-bond donors (Lipinski definition) is 1. The quantitative estimate of drug-likeness (QED) is 0.867. The van der Waals surface area contributed by atoms with Crippen LogP contribution in [0.1, 0.15) is 17.4 Å². The standard InChI is InChI=1S/C11H7BrF2N2O/c12-9-6(1-2-7(13)10(9)14)11(17)8-5-15-3-4-16-8/h1-5,11,17H. The molecule has 2 aromatic rings. The van der Waals surface area contributed by atoms with Crippen LogP contribution in [-0.2, 0) is 0 Å². The van der Waals surface area contributed by atoms with Crippen molar-refractivity contribution in [1.82, 2.24) is 9.97 Å². The molecular formula is C11H7BrF2N2O. The lowest BCUT2D eigenvalue weighted by molar-refractivity contribution is 0.213. The van der Waals surface area contributed by atoms with Gasteiger partial charge in [-0.25, -0.2) is 8.78 Å². The summed E-state index contributed by atoms with van der Waals surface area (Å²) in [6.45, 7) is 0. The van der Waals surface area contributed by atoms with Crippen molar-refractivity contribution in [1.29, 1.82) is 0 Å². The zero-order chi connectivity index (χ0) is 12.4. The maximum atomic E-state index is 13.3. The van der Waals surface area contributed by atoms with Crippen LogP contribution in [0, 0.1) is 11.6 Å². The van der Waals surface area contributed by atoms with Gasteiger partial charge in [-0.1, -0.05) is 6.07 Å². The molecule has 0 aliphatic rings. The fourth-order valence-corrected chi connectivity index (χ4v) is 1.90. The van der Waals surface area contributed by atoms with E-state index in [9.17, 15) is 13.9 Å². The molecule has 0 amide bonds. The molecule has 2 rings (SSSR count). The van der Waals surface area contributed by atoms with Crippen molar-refractivity contribution in [2.75, 3.05) is 0 Å². The Morgan fingerprint density at radius 3 is 2.65 bits per heavy atom. The van der Waals surface area contributed by atoms with E-state index < -0.39 is 17.7 Å². The largest absolute Gasteiger partial charge is 0.382 e. The molecule has 0 aliphatic heterocycles. The Bertz CT molecular complexity index is 536. The number of aliphatic hydroxyl groups excluding tert-OH is 1. The molecule has 0 saturated carbocycles. The van der Waals surface area contributed by atoms with Crippen LogP contribution in [0.15, 0.2) is 35.2 Å². The summed E-state index contributed by atoms with van der Waals surface area (Å²) in [4.78, 5) is 7.69. The summed E-state index contributed by atoms with van der Waals surface area (Å²) in [6, 6.07) is 2.25. The Balaban J connectivity index is 2.45. The zero-order valence-electron chi connectivity index (χ0n) is 8.44. The predicted molar refractivity (Wildman–Crippen MR) is 60.2 cm³/mol. The van der Waals surface area contributed by atoms with Gasteiger partial charge in [-0.05, 0) is 22.0 Å². The summed E-state index contributed by atoms with van der Waals surface area (Å²) in [5, 5.41) is 9.97. The first-order valence-corrected chi connectivity index (χ1v) is 5.48. The fourth-order valence-electron chi connectivity index (χ4n) is 1.36. The summed E-state index contributed by atoms with van der Waals surface area (Å²) in [5.41, 5.74) is 0.462. The number of hydrogen-bond acceptors (Lipinski definition) is 3. The van der Waals surface area contributed by atoms with Crippen LogP contribution in [0.4, 0.5) is 8.78 Å². The minimum absolute atomic E-state index is 0.115. The third-order valence-electron chi connectivity index (χ3n) is 2.22. The van der Waals surface area contributed by atoms with Gasteiger partial charge in [-0.15, -0.1) is 0 Å². The molecule has 0 aliphatic carbocycles. The Hall–Kier alpha value is -1.40. The summed E-state index contributed by atoms with van der Waals surface area (Å²) in [5.74, 6) is -2.02. The van der Waals surface area contributed by atoms with E-state index in [-0.39, 0.29) is 15.7 Å². The SMILES string of the molecule is OC(c1cnccn1)c1ccc(F)c(F)c1Br. The van der Waals surface area contributed by atoms with Crippen LogP contribution < -0.4 is 0 Å². The zero-order valence-corrected chi connectivity index (χ0v) is 10.0. The van der Waals surface area contributed by atoms with E-state index in [0.717, 1.165) is 6.07 Å². The number of halogens is 3. The van der Waals surface area contributed by atoms with Gasteiger partial charge >= 0.3 is 0 Å². The molecule has 17 heavy (non-hydrogen) atoms. The molecule has 1 heterocycles. The topological polar surface area (TPSA) is 46.0 Å². The van der Waals surface area contributed by atoms with Crippen molar-refractivity contribution < 1.29 is 13.9 Å². The molecule has 6 heteroatoms. The van der Waals surface area contributed by atoms with Crippen LogP contribution in [-0.4, -0.2) is 15.1 Å². The lowest BCUT2D eigenvalue weighted by atomic mass is 10.1. The Morgan fingerprint density at radius 2 is 2.00 bits per heavy atom. The van der Waals surface area contributed by atoms with E-state index in [0.29, 0.717) is 0 Å². The highest BCUT2D eigenvalue weighted by atomic mass is 79.9. The van der Waals surface area contributed by atoms with Gasteiger partial charge in [-0.2, -0.15) is 0 Å². The van der Waals surface area contributed by atoms with E-state index in [1.165, 1.54) is 24.7 Å². The summed E-state index contributed by atoms with van der Waals surface area (Å²) < 4.78 is 26.1. The third-order valence-corrected chi connectivity index (χ3v) is 3.03. The first-order valence-electron chi connectivity index (χ1n) is 4.68. The number of aromatic nitrogens is 2. The van der Waals surface area contributed by atoms with Crippen molar-refractivity contribution in [2.24, 2.45) is 0 Å². The average molecular weight is 301 g/mol. The predicted octanol–water partition coefficient (Wildman–Crippen LogP) is 2.60. The molecule has 88 valence electrons. The molecule has 0 radical (unpaired) electrons. The first-order chi connectivity index (χ1) is 8.11. The van der Waals surface area contributed by atoms with Gasteiger partial charge in [0.25, 0.3) is 0 Å². The van der Waals surface area contributed by atoms with Gasteiger partial charge in [0.05, 0.1) is 16.4 Å². The van der Waals surface area contributed by atoms with E-state index in [4.69, 9.17) is 0 Å². The van der Waals surface area contributed by atoms with Gasteiger partial charge in [0.2, 0.25) is 0 Å². The first kappa shape index (κ1) is 12.1. The Labute approximate surface area is 104 Å². The van der Waals surface area contributed by atoms with Crippen molar-refractivity contribution >= 4 is 15.9 Å². The van der Waals surface area contributed by atoms with E-state index >= 15 is 0 Å². The molecule has 1 aromatic heterocycles. The smallest absolute Gasteiger partial charge is 0.173 e. The number of rotatable bonds is 2. The highest BCUT2D eigenvalue weighted by Crippen LogP contribution is 2.30. The Morgan fingerprint density at radius 1 is 1.24 bits per heavy atom. The second kappa shape index (κ2) is 4.85. The van der Waals surface area contributed by atoms with Crippen LogP contribution in [0.2, 0.25) is 0 Å². The highest BCUT2D eigenvalue weighted by Gasteiger charge is 2.19. The van der Waals surface area contributed by atoms with Gasteiger partial charge < -0.3 is 5.11 Å². The van der Waals surface area contributed by atoms with Crippen LogP contribution >= 0.6 is 15.9 Å². The molecule has 0 fully saturated rings. The molecule has 1 atom stereocenters. The lowest BCUT2D eigenvalue weighted by Crippen LogP contribution is -2.05. The monoisotopic (exact) mass is 300 g/mol. The maximum absolute atomic E-state index is 13.3. The van der Waals surface area contributed by atoms with Gasteiger partial charge in [0.15, 0.2) is 11.6 Å². The van der Waals surface area contributed by atoms with Crippen molar-refractivity contribution in [3.8, 4) is 0 Å². The second-order valence-corrected chi connectivity index (χ2v) is 4.09. The van der Waals surface area contributed by atoms with Gasteiger partial charge in [-0.3, -0.25) is 9.97 Å². The van der Waals surface area contributed by atoms with Crippen LogP contribution in [0.25, 0.3) is 0 Å². The third kappa shape index (κ3) is 2.32. The molecule has 3 nitrogen and oxygen atoms in total. The van der Waals surface area contributed by atoms with E-state index in [2.05, 4.69) is 25.9 Å². The fraction of sp³-hybridized carbons (Fsp3) is 0.0909. The molecule has 0 spiro atoms. The van der Waals surface area contributed by atoms with Crippen LogP contribution in [0.5, 0.6) is 0 Å². The number of aliphatic hydroxyl groups is 1. The molecule has 0 saturated heterocycles. The normalized spacial score (nSPS) is 12.5. The van der Waals surface area contributed by atoms with Crippen LogP contribution in [0.3, 0.4) is 0 Å². The summed E-state index contributed by atoms with van der Waals surface area (Å²) >= 11 is 2.91. The van der Waals surface area contributed by atoms with Gasteiger partial charge in [0, 0.05) is 18.0 Å². The van der Waals surface area contributed by atoms with Crippen molar-refractivity contribution in [3.63, 3.8) is 0 Å². The second-order valence-electron chi connectivity index (χ2n) is 3.30. The molecular weight excluding hydrogens is 294 g/mol. The Kier molecular flexibility index (Phi) is 3.44. The molecule has 0 bridgehead atoms. The number of nitrogens with zero attached hydrogens (tertiary/aromatic N) is 2.